The fourth-order valence-corrected chi connectivity index (χ4v) is 2.38. The van der Waals surface area contributed by atoms with Gasteiger partial charge in [0.2, 0.25) is 0 Å². The minimum absolute atomic E-state index is 0.0862. The molecule has 1 saturated carbocycles. The third kappa shape index (κ3) is 2.81. The molecule has 2 N–H and O–H groups in total. The molecule has 0 aromatic rings. The number of nitrogens with one attached hydrogen (secondary N) is 1. The van der Waals surface area contributed by atoms with Gasteiger partial charge in [-0.1, -0.05) is 0 Å². The average Bonchev–Trinajstić information content (AvgIpc) is 2.35. The SMILES string of the molecule is O=C(C(=O)N(CCO)C1CCC1)N1CCNCC1. The monoisotopic (exact) mass is 255 g/mol. The molecular formula is C12H21N3O3. The van der Waals surface area contributed by atoms with Crippen molar-refractivity contribution >= 4 is 11.8 Å². The molecule has 6 heteroatoms. The number of carbonyl (C=O) groups is 2. The summed E-state index contributed by atoms with van der Waals surface area (Å²) in [6.45, 7) is 2.83. The second kappa shape index (κ2) is 6.15. The van der Waals surface area contributed by atoms with E-state index in [9.17, 15) is 9.59 Å². The van der Waals surface area contributed by atoms with Crippen LogP contribution in [0.5, 0.6) is 0 Å². The van der Waals surface area contributed by atoms with Gasteiger partial charge in [-0.25, -0.2) is 0 Å². The Balaban J connectivity index is 1.95. The molecule has 1 heterocycles. The summed E-state index contributed by atoms with van der Waals surface area (Å²) in [5, 5.41) is 12.2. The maximum absolute atomic E-state index is 12.2. The highest BCUT2D eigenvalue weighted by atomic mass is 16.3. The fourth-order valence-electron chi connectivity index (χ4n) is 2.38. The van der Waals surface area contributed by atoms with E-state index in [4.69, 9.17) is 5.11 Å². The Kier molecular flexibility index (Phi) is 4.54. The molecule has 0 spiro atoms. The highest BCUT2D eigenvalue weighted by molar-refractivity contribution is 6.35. The molecule has 2 rings (SSSR count). The Bertz CT molecular complexity index is 312. The molecule has 0 bridgehead atoms. The van der Waals surface area contributed by atoms with Crippen LogP contribution in [0.2, 0.25) is 0 Å². The maximum atomic E-state index is 12.2. The summed E-state index contributed by atoms with van der Waals surface area (Å²) in [6, 6.07) is 0.150. The number of aliphatic hydroxyl groups excluding tert-OH is 1. The minimum atomic E-state index is -0.448. The van der Waals surface area contributed by atoms with Crippen molar-refractivity contribution < 1.29 is 14.7 Å². The quantitative estimate of drug-likeness (QED) is 0.621. The van der Waals surface area contributed by atoms with Gasteiger partial charge in [0.25, 0.3) is 0 Å². The summed E-state index contributed by atoms with van der Waals surface area (Å²) in [4.78, 5) is 27.4. The standard InChI is InChI=1S/C12H21N3O3/c16-9-8-15(10-2-1-3-10)12(18)11(17)14-6-4-13-5-7-14/h10,13,16H,1-9H2. The van der Waals surface area contributed by atoms with E-state index in [1.54, 1.807) is 9.80 Å². The van der Waals surface area contributed by atoms with Crippen LogP contribution in [0.15, 0.2) is 0 Å². The summed E-state index contributed by atoms with van der Waals surface area (Å²) < 4.78 is 0. The van der Waals surface area contributed by atoms with Gasteiger partial charge < -0.3 is 20.2 Å². The lowest BCUT2D eigenvalue weighted by molar-refractivity contribution is -0.155. The molecule has 1 saturated heterocycles. The highest BCUT2D eigenvalue weighted by Crippen LogP contribution is 2.24. The topological polar surface area (TPSA) is 72.9 Å². The summed E-state index contributed by atoms with van der Waals surface area (Å²) in [5.74, 6) is -0.868. The van der Waals surface area contributed by atoms with Gasteiger partial charge in [0.1, 0.15) is 0 Å². The van der Waals surface area contributed by atoms with Gasteiger partial charge in [0.05, 0.1) is 6.61 Å². The van der Waals surface area contributed by atoms with Crippen molar-refractivity contribution in [2.75, 3.05) is 39.3 Å². The van der Waals surface area contributed by atoms with E-state index in [-0.39, 0.29) is 19.2 Å². The molecule has 0 aromatic heterocycles. The number of hydrogen-bond donors (Lipinski definition) is 2. The Morgan fingerprint density at radius 1 is 1.28 bits per heavy atom. The van der Waals surface area contributed by atoms with Crippen LogP contribution >= 0.6 is 0 Å². The molecule has 2 amide bonds. The second-order valence-electron chi connectivity index (χ2n) is 4.85. The van der Waals surface area contributed by atoms with Crippen molar-refractivity contribution in [1.82, 2.24) is 15.1 Å². The van der Waals surface area contributed by atoms with Crippen LogP contribution in [-0.4, -0.2) is 72.1 Å². The number of piperazine rings is 1. The van der Waals surface area contributed by atoms with Gasteiger partial charge in [-0.15, -0.1) is 0 Å². The van der Waals surface area contributed by atoms with E-state index in [1.165, 1.54) is 0 Å². The van der Waals surface area contributed by atoms with E-state index in [1.807, 2.05) is 0 Å². The molecular weight excluding hydrogens is 234 g/mol. The number of rotatable bonds is 3. The average molecular weight is 255 g/mol. The first-order valence-corrected chi connectivity index (χ1v) is 6.65. The molecule has 2 fully saturated rings. The highest BCUT2D eigenvalue weighted by Gasteiger charge is 2.34. The molecule has 1 aliphatic carbocycles. The fraction of sp³-hybridized carbons (Fsp3) is 0.833. The van der Waals surface area contributed by atoms with Crippen LogP contribution in [0.1, 0.15) is 19.3 Å². The molecule has 0 aromatic carbocycles. The Morgan fingerprint density at radius 3 is 2.44 bits per heavy atom. The van der Waals surface area contributed by atoms with Gasteiger partial charge in [-0.3, -0.25) is 9.59 Å². The summed E-state index contributed by atoms with van der Waals surface area (Å²) >= 11 is 0. The Labute approximate surface area is 107 Å². The summed E-state index contributed by atoms with van der Waals surface area (Å²) in [6.07, 6.45) is 2.99. The lowest BCUT2D eigenvalue weighted by Gasteiger charge is -2.38. The smallest absolute Gasteiger partial charge is 0.312 e. The van der Waals surface area contributed by atoms with Crippen molar-refractivity contribution in [3.05, 3.63) is 0 Å². The van der Waals surface area contributed by atoms with Gasteiger partial charge in [-0.05, 0) is 19.3 Å². The third-order valence-corrected chi connectivity index (χ3v) is 3.70. The van der Waals surface area contributed by atoms with Crippen LogP contribution in [0.4, 0.5) is 0 Å². The summed E-state index contributed by atoms with van der Waals surface area (Å²) in [7, 11) is 0. The number of amides is 2. The Hall–Kier alpha value is -1.14. The van der Waals surface area contributed by atoms with E-state index in [0.29, 0.717) is 13.1 Å². The van der Waals surface area contributed by atoms with Crippen molar-refractivity contribution in [3.63, 3.8) is 0 Å². The maximum Gasteiger partial charge on any atom is 0.312 e. The minimum Gasteiger partial charge on any atom is -0.395 e. The molecule has 0 atom stereocenters. The molecule has 102 valence electrons. The second-order valence-corrected chi connectivity index (χ2v) is 4.85. The molecule has 0 radical (unpaired) electrons. The van der Waals surface area contributed by atoms with Crippen LogP contribution in [0.3, 0.4) is 0 Å². The molecule has 6 nitrogen and oxygen atoms in total. The van der Waals surface area contributed by atoms with Crippen molar-refractivity contribution in [2.45, 2.75) is 25.3 Å². The van der Waals surface area contributed by atoms with E-state index in [2.05, 4.69) is 5.32 Å². The van der Waals surface area contributed by atoms with Crippen LogP contribution in [0.25, 0.3) is 0 Å². The zero-order chi connectivity index (χ0) is 13.0. The van der Waals surface area contributed by atoms with E-state index < -0.39 is 11.8 Å². The normalized spacial score (nSPS) is 20.4. The van der Waals surface area contributed by atoms with Crippen molar-refractivity contribution in [1.29, 1.82) is 0 Å². The zero-order valence-corrected chi connectivity index (χ0v) is 10.6. The molecule has 18 heavy (non-hydrogen) atoms. The van der Waals surface area contributed by atoms with Gasteiger partial charge in [0.15, 0.2) is 0 Å². The first-order chi connectivity index (χ1) is 8.74. The lowest BCUT2D eigenvalue weighted by Crippen LogP contribution is -2.55. The van der Waals surface area contributed by atoms with E-state index >= 15 is 0 Å². The van der Waals surface area contributed by atoms with Gasteiger partial charge in [-0.2, -0.15) is 0 Å². The lowest BCUT2D eigenvalue weighted by atomic mass is 9.91. The van der Waals surface area contributed by atoms with Crippen LogP contribution in [0, 0.1) is 0 Å². The van der Waals surface area contributed by atoms with Crippen molar-refractivity contribution in [2.24, 2.45) is 0 Å². The first kappa shape index (κ1) is 13.3. The zero-order valence-electron chi connectivity index (χ0n) is 10.6. The first-order valence-electron chi connectivity index (χ1n) is 6.65. The van der Waals surface area contributed by atoms with Crippen LogP contribution in [-0.2, 0) is 9.59 Å². The number of aliphatic hydroxyl groups is 1. The number of nitrogens with zero attached hydrogens (tertiary/aromatic N) is 2. The number of hydrogen-bond acceptors (Lipinski definition) is 4. The predicted molar refractivity (Wildman–Crippen MR) is 65.9 cm³/mol. The predicted octanol–water partition coefficient (Wildman–Crippen LogP) is -1.21. The molecule has 1 aliphatic heterocycles. The van der Waals surface area contributed by atoms with Gasteiger partial charge in [0, 0.05) is 38.8 Å². The number of carbonyl (C=O) groups excluding carboxylic acids is 2. The van der Waals surface area contributed by atoms with E-state index in [0.717, 1.165) is 32.4 Å². The third-order valence-electron chi connectivity index (χ3n) is 3.70. The molecule has 0 unspecified atom stereocenters. The Morgan fingerprint density at radius 2 is 1.94 bits per heavy atom. The largest absolute Gasteiger partial charge is 0.395 e. The van der Waals surface area contributed by atoms with Gasteiger partial charge >= 0.3 is 11.8 Å². The van der Waals surface area contributed by atoms with Crippen LogP contribution < -0.4 is 5.32 Å². The summed E-state index contributed by atoms with van der Waals surface area (Å²) in [5.41, 5.74) is 0. The van der Waals surface area contributed by atoms with Crippen molar-refractivity contribution in [3.8, 4) is 0 Å². The molecule has 2 aliphatic rings.